The van der Waals surface area contributed by atoms with Gasteiger partial charge in [-0.15, -0.1) is 0 Å². The molecule has 1 fully saturated rings. The standard InChI is InChI=1S/C13H27N3O/c1-3-7-15-13(17)11-16(2)9-6-12-5-4-8-14-10-12/h12,14H,3-11H2,1-2H3,(H,15,17). The van der Waals surface area contributed by atoms with E-state index in [1.165, 1.54) is 25.8 Å². The van der Waals surface area contributed by atoms with Crippen molar-refractivity contribution in [2.75, 3.05) is 39.8 Å². The van der Waals surface area contributed by atoms with E-state index < -0.39 is 0 Å². The molecule has 1 amide bonds. The minimum atomic E-state index is 0.149. The predicted octanol–water partition coefficient (Wildman–Crippen LogP) is 0.834. The molecule has 1 rings (SSSR count). The summed E-state index contributed by atoms with van der Waals surface area (Å²) in [4.78, 5) is 13.6. The lowest BCUT2D eigenvalue weighted by Gasteiger charge is -2.25. The van der Waals surface area contributed by atoms with E-state index >= 15 is 0 Å². The van der Waals surface area contributed by atoms with Crippen LogP contribution in [0.4, 0.5) is 0 Å². The highest BCUT2D eigenvalue weighted by atomic mass is 16.2. The largest absolute Gasteiger partial charge is 0.355 e. The first-order valence-electron chi connectivity index (χ1n) is 6.88. The molecule has 17 heavy (non-hydrogen) atoms. The van der Waals surface area contributed by atoms with Crippen LogP contribution in [-0.4, -0.2) is 50.6 Å². The molecule has 0 bridgehead atoms. The number of hydrogen-bond acceptors (Lipinski definition) is 3. The Balaban J connectivity index is 2.07. The molecule has 1 heterocycles. The quantitative estimate of drug-likeness (QED) is 0.694. The van der Waals surface area contributed by atoms with E-state index in [-0.39, 0.29) is 5.91 Å². The monoisotopic (exact) mass is 241 g/mol. The molecular formula is C13H27N3O. The second-order valence-corrected chi connectivity index (χ2v) is 5.09. The highest BCUT2D eigenvalue weighted by molar-refractivity contribution is 5.77. The van der Waals surface area contributed by atoms with Crippen molar-refractivity contribution in [2.24, 2.45) is 5.92 Å². The van der Waals surface area contributed by atoms with Crippen LogP contribution in [0.3, 0.4) is 0 Å². The molecule has 1 aliphatic heterocycles. The van der Waals surface area contributed by atoms with Crippen LogP contribution in [0.1, 0.15) is 32.6 Å². The van der Waals surface area contributed by atoms with Crippen LogP contribution in [0.25, 0.3) is 0 Å². The number of nitrogens with one attached hydrogen (secondary N) is 2. The number of nitrogens with zero attached hydrogens (tertiary/aromatic N) is 1. The molecule has 1 atom stereocenters. The van der Waals surface area contributed by atoms with Gasteiger partial charge in [0.1, 0.15) is 0 Å². The first-order valence-corrected chi connectivity index (χ1v) is 6.88. The SMILES string of the molecule is CCCNC(=O)CN(C)CCC1CCCNC1. The number of likely N-dealkylation sites (N-methyl/N-ethyl adjacent to an activating group) is 1. The van der Waals surface area contributed by atoms with Crippen molar-refractivity contribution in [1.29, 1.82) is 0 Å². The summed E-state index contributed by atoms with van der Waals surface area (Å²) < 4.78 is 0. The van der Waals surface area contributed by atoms with Crippen molar-refractivity contribution in [3.8, 4) is 0 Å². The van der Waals surface area contributed by atoms with Gasteiger partial charge in [0.2, 0.25) is 5.91 Å². The summed E-state index contributed by atoms with van der Waals surface area (Å²) in [5.41, 5.74) is 0. The minimum absolute atomic E-state index is 0.149. The molecule has 1 aliphatic rings. The third-order valence-electron chi connectivity index (χ3n) is 3.30. The van der Waals surface area contributed by atoms with Gasteiger partial charge in [-0.2, -0.15) is 0 Å². The highest BCUT2D eigenvalue weighted by Crippen LogP contribution is 2.13. The van der Waals surface area contributed by atoms with Crippen LogP contribution in [0.15, 0.2) is 0 Å². The normalized spacial score (nSPS) is 20.5. The number of piperidine rings is 1. The smallest absolute Gasteiger partial charge is 0.234 e. The molecule has 0 aromatic heterocycles. The van der Waals surface area contributed by atoms with Crippen molar-refractivity contribution >= 4 is 5.91 Å². The van der Waals surface area contributed by atoms with Crippen LogP contribution in [0, 0.1) is 5.92 Å². The van der Waals surface area contributed by atoms with Crippen LogP contribution in [0.5, 0.6) is 0 Å². The van der Waals surface area contributed by atoms with Gasteiger partial charge >= 0.3 is 0 Å². The lowest BCUT2D eigenvalue weighted by atomic mass is 9.96. The van der Waals surface area contributed by atoms with Gasteiger partial charge < -0.3 is 10.6 Å². The molecule has 0 aliphatic carbocycles. The Labute approximate surface area is 105 Å². The number of rotatable bonds is 7. The fraction of sp³-hybridized carbons (Fsp3) is 0.923. The zero-order valence-corrected chi connectivity index (χ0v) is 11.3. The third-order valence-corrected chi connectivity index (χ3v) is 3.30. The van der Waals surface area contributed by atoms with E-state index in [0.717, 1.165) is 32.0 Å². The van der Waals surface area contributed by atoms with Gasteiger partial charge in [0.25, 0.3) is 0 Å². The van der Waals surface area contributed by atoms with Crippen LogP contribution >= 0.6 is 0 Å². The zero-order chi connectivity index (χ0) is 12.5. The maximum Gasteiger partial charge on any atom is 0.234 e. The van der Waals surface area contributed by atoms with E-state index in [1.807, 2.05) is 7.05 Å². The number of amides is 1. The van der Waals surface area contributed by atoms with E-state index in [2.05, 4.69) is 22.5 Å². The van der Waals surface area contributed by atoms with E-state index in [4.69, 9.17) is 0 Å². The van der Waals surface area contributed by atoms with Crippen molar-refractivity contribution in [2.45, 2.75) is 32.6 Å². The third kappa shape index (κ3) is 6.64. The number of hydrogen-bond donors (Lipinski definition) is 2. The molecule has 0 spiro atoms. The first kappa shape index (κ1) is 14.5. The zero-order valence-electron chi connectivity index (χ0n) is 11.3. The van der Waals surface area contributed by atoms with Crippen molar-refractivity contribution < 1.29 is 4.79 Å². The molecule has 0 aromatic rings. The molecule has 0 aromatic carbocycles. The summed E-state index contributed by atoms with van der Waals surface area (Å²) in [5.74, 6) is 0.945. The molecule has 0 radical (unpaired) electrons. The number of carbonyl (C=O) groups is 1. The molecule has 1 unspecified atom stereocenters. The van der Waals surface area contributed by atoms with Gasteiger partial charge in [-0.3, -0.25) is 9.69 Å². The van der Waals surface area contributed by atoms with Crippen LogP contribution < -0.4 is 10.6 Å². The fourth-order valence-electron chi connectivity index (χ4n) is 2.22. The highest BCUT2D eigenvalue weighted by Gasteiger charge is 2.14. The Morgan fingerprint density at radius 2 is 2.35 bits per heavy atom. The van der Waals surface area contributed by atoms with Gasteiger partial charge in [0, 0.05) is 6.54 Å². The molecule has 2 N–H and O–H groups in total. The first-order chi connectivity index (χ1) is 8.22. The van der Waals surface area contributed by atoms with Gasteiger partial charge in [0.15, 0.2) is 0 Å². The average molecular weight is 241 g/mol. The van der Waals surface area contributed by atoms with Gasteiger partial charge in [0.05, 0.1) is 6.54 Å². The van der Waals surface area contributed by atoms with Crippen molar-refractivity contribution in [1.82, 2.24) is 15.5 Å². The van der Waals surface area contributed by atoms with Gasteiger partial charge in [-0.1, -0.05) is 6.92 Å². The molecule has 4 heteroatoms. The predicted molar refractivity (Wildman–Crippen MR) is 71.0 cm³/mol. The second kappa shape index (κ2) is 8.48. The Kier molecular flexibility index (Phi) is 7.21. The topological polar surface area (TPSA) is 44.4 Å². The van der Waals surface area contributed by atoms with Gasteiger partial charge in [-0.05, 0) is 58.3 Å². The molecule has 0 saturated carbocycles. The summed E-state index contributed by atoms with van der Waals surface area (Å²) in [5, 5.41) is 6.34. The molecule has 100 valence electrons. The van der Waals surface area contributed by atoms with Crippen molar-refractivity contribution in [3.63, 3.8) is 0 Å². The Hall–Kier alpha value is -0.610. The Morgan fingerprint density at radius 3 is 3.00 bits per heavy atom. The van der Waals surface area contributed by atoms with Crippen molar-refractivity contribution in [3.05, 3.63) is 0 Å². The Morgan fingerprint density at radius 1 is 1.53 bits per heavy atom. The molecule has 1 saturated heterocycles. The summed E-state index contributed by atoms with van der Waals surface area (Å²) in [7, 11) is 2.03. The molecule has 4 nitrogen and oxygen atoms in total. The lowest BCUT2D eigenvalue weighted by Crippen LogP contribution is -2.37. The number of carbonyl (C=O) groups excluding carboxylic acids is 1. The lowest BCUT2D eigenvalue weighted by molar-refractivity contribution is -0.121. The average Bonchev–Trinajstić information content (AvgIpc) is 2.35. The minimum Gasteiger partial charge on any atom is -0.355 e. The Bertz CT molecular complexity index is 215. The van der Waals surface area contributed by atoms with Gasteiger partial charge in [-0.25, -0.2) is 0 Å². The maximum atomic E-state index is 11.5. The van der Waals surface area contributed by atoms with E-state index in [9.17, 15) is 4.79 Å². The summed E-state index contributed by atoms with van der Waals surface area (Å²) in [6.45, 7) is 6.73. The second-order valence-electron chi connectivity index (χ2n) is 5.09. The van der Waals surface area contributed by atoms with E-state index in [1.54, 1.807) is 0 Å². The summed E-state index contributed by atoms with van der Waals surface area (Å²) >= 11 is 0. The van der Waals surface area contributed by atoms with Crippen LogP contribution in [0.2, 0.25) is 0 Å². The summed E-state index contributed by atoms with van der Waals surface area (Å²) in [6.07, 6.45) is 4.84. The maximum absolute atomic E-state index is 11.5. The molecular weight excluding hydrogens is 214 g/mol. The van der Waals surface area contributed by atoms with Crippen LogP contribution in [-0.2, 0) is 4.79 Å². The fourth-order valence-corrected chi connectivity index (χ4v) is 2.22. The van der Waals surface area contributed by atoms with E-state index in [0.29, 0.717) is 6.54 Å². The summed E-state index contributed by atoms with van der Waals surface area (Å²) in [6, 6.07) is 0.